The molecule has 1 unspecified atom stereocenters. The van der Waals surface area contributed by atoms with Gasteiger partial charge in [0.1, 0.15) is 5.75 Å². The number of halogens is 3. The molecule has 0 spiro atoms. The van der Waals surface area contributed by atoms with Gasteiger partial charge in [0, 0.05) is 5.56 Å². The number of ether oxygens (including phenoxy) is 1. The van der Waals surface area contributed by atoms with E-state index < -0.39 is 23.8 Å². The molecule has 1 aliphatic rings. The summed E-state index contributed by atoms with van der Waals surface area (Å²) in [4.78, 5) is 10.8. The van der Waals surface area contributed by atoms with Crippen molar-refractivity contribution in [2.24, 2.45) is 0 Å². The van der Waals surface area contributed by atoms with Gasteiger partial charge in [0.2, 0.25) is 6.10 Å². The molecule has 96 valence electrons. The molecule has 0 fully saturated rings. The predicted octanol–water partition coefficient (Wildman–Crippen LogP) is 2.79. The number of carboxylic acid groups (broad SMARTS) is 1. The van der Waals surface area contributed by atoms with E-state index >= 15 is 0 Å². The molecule has 0 amide bonds. The minimum absolute atomic E-state index is 0.0438. The SMILES string of the molecule is Cc1ccc2c(c1)OC(C(F)(F)F)C(C(=O)O)=C2. The third-order valence-corrected chi connectivity index (χ3v) is 2.55. The lowest BCUT2D eigenvalue weighted by atomic mass is 10.0. The minimum atomic E-state index is -4.76. The number of carboxylic acids is 1. The van der Waals surface area contributed by atoms with Crippen molar-refractivity contribution in [2.75, 3.05) is 0 Å². The normalized spacial score (nSPS) is 18.7. The molecular formula is C12H9F3O3. The maximum Gasteiger partial charge on any atom is 0.430 e. The van der Waals surface area contributed by atoms with Crippen molar-refractivity contribution in [3.05, 3.63) is 34.9 Å². The molecule has 1 aliphatic heterocycles. The lowest BCUT2D eigenvalue weighted by Gasteiger charge is -2.27. The highest BCUT2D eigenvalue weighted by Gasteiger charge is 2.48. The monoisotopic (exact) mass is 258 g/mol. The van der Waals surface area contributed by atoms with E-state index in [-0.39, 0.29) is 5.75 Å². The molecule has 18 heavy (non-hydrogen) atoms. The van der Waals surface area contributed by atoms with Crippen LogP contribution in [0.15, 0.2) is 23.8 Å². The number of hydrogen-bond donors (Lipinski definition) is 1. The molecule has 0 saturated carbocycles. The minimum Gasteiger partial charge on any atom is -0.478 e. The molecule has 3 nitrogen and oxygen atoms in total. The fraction of sp³-hybridized carbons (Fsp3) is 0.250. The van der Waals surface area contributed by atoms with Crippen molar-refractivity contribution in [1.29, 1.82) is 0 Å². The van der Waals surface area contributed by atoms with Crippen molar-refractivity contribution < 1.29 is 27.8 Å². The van der Waals surface area contributed by atoms with Crippen LogP contribution in [0.2, 0.25) is 0 Å². The molecule has 0 aliphatic carbocycles. The summed E-state index contributed by atoms with van der Waals surface area (Å²) in [5.74, 6) is -1.59. The van der Waals surface area contributed by atoms with E-state index in [1.165, 1.54) is 12.1 Å². The average Bonchev–Trinajstić information content (AvgIpc) is 2.25. The van der Waals surface area contributed by atoms with Crippen LogP contribution in [-0.4, -0.2) is 23.4 Å². The first-order valence-electron chi connectivity index (χ1n) is 5.08. The van der Waals surface area contributed by atoms with Gasteiger partial charge in [-0.3, -0.25) is 0 Å². The van der Waals surface area contributed by atoms with Gasteiger partial charge in [-0.05, 0) is 24.6 Å². The van der Waals surface area contributed by atoms with E-state index in [2.05, 4.69) is 0 Å². The molecule has 0 radical (unpaired) electrons. The summed E-state index contributed by atoms with van der Waals surface area (Å²) >= 11 is 0. The third-order valence-electron chi connectivity index (χ3n) is 2.55. The zero-order valence-electron chi connectivity index (χ0n) is 9.28. The molecule has 0 bridgehead atoms. The van der Waals surface area contributed by atoms with Gasteiger partial charge in [-0.1, -0.05) is 12.1 Å². The number of aryl methyl sites for hydroxylation is 1. The quantitative estimate of drug-likeness (QED) is 0.842. The Morgan fingerprint density at radius 1 is 1.39 bits per heavy atom. The van der Waals surface area contributed by atoms with Gasteiger partial charge in [-0.2, -0.15) is 13.2 Å². The molecule has 1 atom stereocenters. The Hall–Kier alpha value is -1.98. The van der Waals surface area contributed by atoms with Crippen LogP contribution < -0.4 is 4.74 Å². The highest BCUT2D eigenvalue weighted by atomic mass is 19.4. The van der Waals surface area contributed by atoms with E-state index in [0.717, 1.165) is 11.6 Å². The van der Waals surface area contributed by atoms with Crippen LogP contribution in [-0.2, 0) is 4.79 Å². The summed E-state index contributed by atoms with van der Waals surface area (Å²) < 4.78 is 42.9. The van der Waals surface area contributed by atoms with Crippen LogP contribution >= 0.6 is 0 Å². The first-order valence-corrected chi connectivity index (χ1v) is 5.08. The van der Waals surface area contributed by atoms with Crippen molar-refractivity contribution in [3.8, 4) is 5.75 Å². The Labute approximate surface area is 100 Å². The van der Waals surface area contributed by atoms with Gasteiger partial charge in [0.25, 0.3) is 0 Å². The van der Waals surface area contributed by atoms with Gasteiger partial charge in [0.05, 0.1) is 5.57 Å². The maximum atomic E-state index is 12.7. The van der Waals surface area contributed by atoms with Crippen molar-refractivity contribution in [3.63, 3.8) is 0 Å². The Bertz CT molecular complexity index is 532. The molecular weight excluding hydrogens is 249 g/mol. The van der Waals surface area contributed by atoms with E-state index in [9.17, 15) is 18.0 Å². The fourth-order valence-corrected chi connectivity index (χ4v) is 1.71. The number of hydrogen-bond acceptors (Lipinski definition) is 2. The predicted molar refractivity (Wildman–Crippen MR) is 57.3 cm³/mol. The summed E-state index contributed by atoms with van der Waals surface area (Å²) in [6.07, 6.45) is -6.19. The topological polar surface area (TPSA) is 46.5 Å². The molecule has 1 aromatic carbocycles. The molecule has 1 N–H and O–H groups in total. The van der Waals surface area contributed by atoms with Gasteiger partial charge in [0.15, 0.2) is 0 Å². The molecule has 0 saturated heterocycles. The molecule has 6 heteroatoms. The Balaban J connectivity index is 2.53. The van der Waals surface area contributed by atoms with Crippen molar-refractivity contribution in [1.82, 2.24) is 0 Å². The molecule has 0 aromatic heterocycles. The lowest BCUT2D eigenvalue weighted by Crippen LogP contribution is -2.40. The van der Waals surface area contributed by atoms with Crippen LogP contribution in [0.5, 0.6) is 5.75 Å². The van der Waals surface area contributed by atoms with Gasteiger partial charge in [-0.15, -0.1) is 0 Å². The summed E-state index contributed by atoms with van der Waals surface area (Å²) in [5.41, 5.74) is 0.263. The van der Waals surface area contributed by atoms with E-state index in [4.69, 9.17) is 9.84 Å². The smallest absolute Gasteiger partial charge is 0.430 e. The summed E-state index contributed by atoms with van der Waals surface area (Å²) in [7, 11) is 0. The number of benzene rings is 1. The van der Waals surface area contributed by atoms with Crippen LogP contribution in [0.25, 0.3) is 6.08 Å². The maximum absolute atomic E-state index is 12.7. The fourth-order valence-electron chi connectivity index (χ4n) is 1.71. The third kappa shape index (κ3) is 2.18. The molecule has 2 rings (SSSR count). The Kier molecular flexibility index (Phi) is 2.80. The summed E-state index contributed by atoms with van der Waals surface area (Å²) in [5, 5.41) is 8.80. The van der Waals surface area contributed by atoms with E-state index in [0.29, 0.717) is 5.56 Å². The summed E-state index contributed by atoms with van der Waals surface area (Å²) in [6, 6.07) is 4.65. The lowest BCUT2D eigenvalue weighted by molar-refractivity contribution is -0.187. The highest BCUT2D eigenvalue weighted by Crippen LogP contribution is 2.37. The van der Waals surface area contributed by atoms with Crippen molar-refractivity contribution in [2.45, 2.75) is 19.2 Å². The van der Waals surface area contributed by atoms with Crippen LogP contribution in [0.1, 0.15) is 11.1 Å². The number of fused-ring (bicyclic) bond motifs is 1. The van der Waals surface area contributed by atoms with Crippen LogP contribution in [0, 0.1) is 6.92 Å². The standard InChI is InChI=1S/C12H9F3O3/c1-6-2-3-7-5-8(11(16)17)10(12(13,14)15)18-9(7)4-6/h2-5,10H,1H3,(H,16,17). The molecule has 1 aromatic rings. The van der Waals surface area contributed by atoms with Crippen LogP contribution in [0.4, 0.5) is 13.2 Å². The van der Waals surface area contributed by atoms with Gasteiger partial charge in [-0.25, -0.2) is 4.79 Å². The average molecular weight is 258 g/mol. The number of alkyl halides is 3. The molecule has 1 heterocycles. The zero-order chi connectivity index (χ0) is 13.5. The second-order valence-corrected chi connectivity index (χ2v) is 3.99. The zero-order valence-corrected chi connectivity index (χ0v) is 9.28. The van der Waals surface area contributed by atoms with E-state index in [1.807, 2.05) is 0 Å². The van der Waals surface area contributed by atoms with Gasteiger partial charge < -0.3 is 9.84 Å². The number of aliphatic carboxylic acids is 1. The van der Waals surface area contributed by atoms with Gasteiger partial charge >= 0.3 is 12.1 Å². The Morgan fingerprint density at radius 3 is 2.61 bits per heavy atom. The van der Waals surface area contributed by atoms with Crippen LogP contribution in [0.3, 0.4) is 0 Å². The first kappa shape index (κ1) is 12.5. The van der Waals surface area contributed by atoms with Crippen molar-refractivity contribution >= 4 is 12.0 Å². The second kappa shape index (κ2) is 4.04. The number of rotatable bonds is 1. The highest BCUT2D eigenvalue weighted by molar-refractivity contribution is 5.95. The Morgan fingerprint density at radius 2 is 2.06 bits per heavy atom. The largest absolute Gasteiger partial charge is 0.478 e. The first-order chi connectivity index (χ1) is 8.29. The summed E-state index contributed by atoms with van der Waals surface area (Å²) in [6.45, 7) is 1.71. The second-order valence-electron chi connectivity index (χ2n) is 3.99. The van der Waals surface area contributed by atoms with E-state index in [1.54, 1.807) is 13.0 Å². The number of carbonyl (C=O) groups is 1.